The number of amides is 1. The van der Waals surface area contributed by atoms with Gasteiger partial charge >= 0.3 is 0 Å². The number of benzene rings is 2. The third-order valence-electron chi connectivity index (χ3n) is 3.64. The van der Waals surface area contributed by atoms with E-state index in [9.17, 15) is 13.2 Å². The molecule has 152 valence electrons. The first-order valence-electron chi connectivity index (χ1n) is 8.85. The first-order chi connectivity index (χ1) is 13.0. The molecule has 0 aliphatic heterocycles. The number of nitrogens with one attached hydrogen (secondary N) is 1. The Morgan fingerprint density at radius 1 is 1.07 bits per heavy atom. The van der Waals surface area contributed by atoms with Crippen molar-refractivity contribution in [2.45, 2.75) is 38.1 Å². The monoisotopic (exact) mass is 424 g/mol. The molecule has 2 aromatic rings. The number of carbonyl (C=O) groups is 1. The lowest BCUT2D eigenvalue weighted by Crippen LogP contribution is -2.47. The summed E-state index contributed by atoms with van der Waals surface area (Å²) in [5.74, 6) is 0.216. The maximum absolute atomic E-state index is 13.2. The summed E-state index contributed by atoms with van der Waals surface area (Å²) in [6.07, 6.45) is 0. The molecule has 0 atom stereocenters. The topological polar surface area (TPSA) is 75.7 Å². The van der Waals surface area contributed by atoms with Crippen molar-refractivity contribution in [3.63, 3.8) is 0 Å². The van der Waals surface area contributed by atoms with E-state index in [-0.39, 0.29) is 11.4 Å². The molecule has 0 aliphatic rings. The molecule has 0 saturated carbocycles. The number of rotatable bonds is 7. The molecule has 0 bridgehead atoms. The first-order valence-corrected chi connectivity index (χ1v) is 10.7. The molecule has 0 aliphatic carbocycles. The molecule has 1 amide bonds. The van der Waals surface area contributed by atoms with Gasteiger partial charge in [-0.2, -0.15) is 0 Å². The molecular weight excluding hydrogens is 400 g/mol. The largest absolute Gasteiger partial charge is 0.494 e. The summed E-state index contributed by atoms with van der Waals surface area (Å²) in [5.41, 5.74) is -0.117. The van der Waals surface area contributed by atoms with E-state index >= 15 is 0 Å². The van der Waals surface area contributed by atoms with Crippen LogP contribution in [0.15, 0.2) is 53.4 Å². The predicted octanol–water partition coefficient (Wildman–Crippen LogP) is 3.85. The van der Waals surface area contributed by atoms with Crippen LogP contribution in [0, 0.1) is 0 Å². The average Bonchev–Trinajstić information content (AvgIpc) is 2.59. The summed E-state index contributed by atoms with van der Waals surface area (Å²) < 4.78 is 32.9. The highest BCUT2D eigenvalue weighted by molar-refractivity contribution is 7.92. The van der Waals surface area contributed by atoms with E-state index < -0.39 is 21.5 Å². The fourth-order valence-electron chi connectivity index (χ4n) is 2.51. The zero-order valence-corrected chi connectivity index (χ0v) is 18.0. The number of hydrogen-bond donors (Lipinski definition) is 1. The summed E-state index contributed by atoms with van der Waals surface area (Å²) in [7, 11) is -3.97. The Bertz CT molecular complexity index is 905. The molecule has 0 radical (unpaired) electrons. The second-order valence-electron chi connectivity index (χ2n) is 7.19. The fourth-order valence-corrected chi connectivity index (χ4v) is 4.06. The van der Waals surface area contributed by atoms with Crippen molar-refractivity contribution in [2.75, 3.05) is 17.5 Å². The maximum Gasteiger partial charge on any atom is 0.264 e. The van der Waals surface area contributed by atoms with E-state index in [1.807, 2.05) is 27.7 Å². The van der Waals surface area contributed by atoms with Gasteiger partial charge in [0.2, 0.25) is 5.91 Å². The van der Waals surface area contributed by atoms with Gasteiger partial charge in [0.15, 0.2) is 0 Å². The van der Waals surface area contributed by atoms with Crippen molar-refractivity contribution in [1.29, 1.82) is 0 Å². The number of halogens is 1. The highest BCUT2D eigenvalue weighted by Gasteiger charge is 2.28. The summed E-state index contributed by atoms with van der Waals surface area (Å²) in [6, 6.07) is 12.4. The van der Waals surface area contributed by atoms with Crippen molar-refractivity contribution in [2.24, 2.45) is 0 Å². The van der Waals surface area contributed by atoms with Crippen LogP contribution in [0.25, 0.3) is 0 Å². The van der Waals surface area contributed by atoms with Crippen molar-refractivity contribution in [3.8, 4) is 5.75 Å². The molecule has 1 N–H and O–H groups in total. The molecule has 0 unspecified atom stereocenters. The van der Waals surface area contributed by atoms with E-state index in [1.54, 1.807) is 24.3 Å². The molecule has 0 heterocycles. The number of sulfonamides is 1. The Hall–Kier alpha value is -2.25. The molecular formula is C20H25ClN2O4S. The van der Waals surface area contributed by atoms with Crippen molar-refractivity contribution >= 4 is 33.2 Å². The molecule has 0 aromatic heterocycles. The second kappa shape index (κ2) is 8.84. The molecule has 8 heteroatoms. The van der Waals surface area contributed by atoms with Gasteiger partial charge in [-0.25, -0.2) is 8.42 Å². The van der Waals surface area contributed by atoms with Crippen LogP contribution in [0.2, 0.25) is 5.02 Å². The van der Waals surface area contributed by atoms with E-state index in [1.165, 1.54) is 24.3 Å². The van der Waals surface area contributed by atoms with E-state index in [0.717, 1.165) is 4.31 Å². The van der Waals surface area contributed by atoms with Gasteiger partial charge in [0.25, 0.3) is 10.0 Å². The Morgan fingerprint density at radius 3 is 2.14 bits per heavy atom. The normalized spacial score (nSPS) is 11.8. The second-order valence-corrected chi connectivity index (χ2v) is 9.49. The average molecular weight is 425 g/mol. The molecule has 6 nitrogen and oxygen atoms in total. The molecule has 28 heavy (non-hydrogen) atoms. The zero-order valence-electron chi connectivity index (χ0n) is 16.4. The van der Waals surface area contributed by atoms with Gasteiger partial charge in [-0.3, -0.25) is 9.10 Å². The molecule has 2 rings (SSSR count). The summed E-state index contributed by atoms with van der Waals surface area (Å²) in [6.45, 7) is 7.51. The smallest absolute Gasteiger partial charge is 0.264 e. The fraction of sp³-hybridized carbons (Fsp3) is 0.350. The highest BCUT2D eigenvalue weighted by atomic mass is 35.5. The first kappa shape index (κ1) is 22.0. The molecule has 0 saturated heterocycles. The van der Waals surface area contributed by atoms with Crippen LogP contribution in [-0.4, -0.2) is 33.0 Å². The number of ether oxygens (including phenoxy) is 1. The minimum Gasteiger partial charge on any atom is -0.494 e. The summed E-state index contributed by atoms with van der Waals surface area (Å²) in [5, 5.41) is 3.22. The van der Waals surface area contributed by atoms with Gasteiger partial charge in [-0.1, -0.05) is 11.6 Å². The van der Waals surface area contributed by atoms with Gasteiger partial charge in [-0.05, 0) is 76.2 Å². The van der Waals surface area contributed by atoms with E-state index in [4.69, 9.17) is 16.3 Å². The van der Waals surface area contributed by atoms with Crippen LogP contribution in [0.4, 0.5) is 5.69 Å². The maximum atomic E-state index is 13.2. The van der Waals surface area contributed by atoms with Crippen LogP contribution in [0.5, 0.6) is 5.75 Å². The third-order valence-corrected chi connectivity index (χ3v) is 5.68. The Kier molecular flexibility index (Phi) is 6.96. The highest BCUT2D eigenvalue weighted by Crippen LogP contribution is 2.26. The molecule has 2 aromatic carbocycles. The lowest BCUT2D eigenvalue weighted by Gasteiger charge is -2.27. The van der Waals surface area contributed by atoms with Crippen molar-refractivity contribution in [1.82, 2.24) is 5.32 Å². The minimum absolute atomic E-state index is 0.0503. The lowest BCUT2D eigenvalue weighted by atomic mass is 10.1. The number of anilines is 1. The van der Waals surface area contributed by atoms with E-state index in [2.05, 4.69) is 5.32 Å². The van der Waals surface area contributed by atoms with Crippen LogP contribution in [-0.2, 0) is 14.8 Å². The Balaban J connectivity index is 2.42. The number of carbonyl (C=O) groups excluding carboxylic acids is 1. The number of nitrogens with zero attached hydrogens (tertiary/aromatic N) is 1. The Labute approximate surface area is 171 Å². The van der Waals surface area contributed by atoms with Gasteiger partial charge in [-0.15, -0.1) is 0 Å². The van der Waals surface area contributed by atoms with Crippen LogP contribution >= 0.6 is 11.6 Å². The Morgan fingerprint density at radius 2 is 1.64 bits per heavy atom. The summed E-state index contributed by atoms with van der Waals surface area (Å²) >= 11 is 5.88. The predicted molar refractivity (Wildman–Crippen MR) is 111 cm³/mol. The number of hydrogen-bond acceptors (Lipinski definition) is 4. The standard InChI is InChI=1S/C20H25ClN2O4S/c1-5-27-17-10-8-16(9-11-17)23(14-19(24)22-20(2,3)4)28(25,26)18-12-6-15(21)7-13-18/h6-13H,5,14H2,1-4H3,(H,22,24). The van der Waals surface area contributed by atoms with Gasteiger partial charge in [0.1, 0.15) is 12.3 Å². The summed E-state index contributed by atoms with van der Waals surface area (Å²) in [4.78, 5) is 12.5. The van der Waals surface area contributed by atoms with Gasteiger partial charge < -0.3 is 10.1 Å². The van der Waals surface area contributed by atoms with Gasteiger partial charge in [0, 0.05) is 10.6 Å². The van der Waals surface area contributed by atoms with Crippen molar-refractivity contribution in [3.05, 3.63) is 53.6 Å². The van der Waals surface area contributed by atoms with Crippen LogP contribution in [0.1, 0.15) is 27.7 Å². The lowest BCUT2D eigenvalue weighted by molar-refractivity contribution is -0.121. The van der Waals surface area contributed by atoms with Gasteiger partial charge in [0.05, 0.1) is 17.2 Å². The molecule has 0 spiro atoms. The third kappa shape index (κ3) is 5.87. The SMILES string of the molecule is CCOc1ccc(N(CC(=O)NC(C)(C)C)S(=O)(=O)c2ccc(Cl)cc2)cc1. The van der Waals surface area contributed by atoms with Crippen molar-refractivity contribution < 1.29 is 17.9 Å². The van der Waals surface area contributed by atoms with Crippen LogP contribution in [0.3, 0.4) is 0 Å². The van der Waals surface area contributed by atoms with E-state index in [0.29, 0.717) is 23.1 Å². The minimum atomic E-state index is -3.97. The van der Waals surface area contributed by atoms with Crippen LogP contribution < -0.4 is 14.4 Å². The quantitative estimate of drug-likeness (QED) is 0.732. The zero-order chi connectivity index (χ0) is 20.9. The molecule has 0 fully saturated rings.